The Morgan fingerprint density at radius 3 is 1.93 bits per heavy atom. The van der Waals surface area contributed by atoms with Crippen LogP contribution in [0.4, 0.5) is 4.79 Å². The molecule has 0 spiro atoms. The number of carbonyl (C=O) groups is 2. The second-order valence-electron chi connectivity index (χ2n) is 3.72. The fourth-order valence-corrected chi connectivity index (χ4v) is 1.40. The van der Waals surface area contributed by atoms with E-state index < -0.39 is 12.0 Å². The predicted octanol–water partition coefficient (Wildman–Crippen LogP) is 1.18. The molecule has 0 saturated heterocycles. The quantitative estimate of drug-likeness (QED) is 0.718. The smallest absolute Gasteiger partial charge is 0.407 e. The summed E-state index contributed by atoms with van der Waals surface area (Å²) in [7, 11) is 2.61. The van der Waals surface area contributed by atoms with Crippen molar-refractivity contribution in [3.8, 4) is 0 Å². The van der Waals surface area contributed by atoms with Gasteiger partial charge in [0.1, 0.15) is 0 Å². The van der Waals surface area contributed by atoms with Crippen LogP contribution in [0.2, 0.25) is 0 Å². The molecule has 0 saturated carbocycles. The molecule has 0 aromatic rings. The monoisotopic (exact) mass is 217 g/mol. The summed E-state index contributed by atoms with van der Waals surface area (Å²) in [6.07, 6.45) is -0.538. The number of methoxy groups -OCH3 is 2. The topological polar surface area (TPSA) is 64.6 Å². The third kappa shape index (κ3) is 4.18. The van der Waals surface area contributed by atoms with E-state index in [0.717, 1.165) is 0 Å². The first-order chi connectivity index (χ1) is 6.93. The van der Waals surface area contributed by atoms with E-state index in [-0.39, 0.29) is 17.9 Å². The Balaban J connectivity index is 4.51. The minimum Gasteiger partial charge on any atom is -0.469 e. The van der Waals surface area contributed by atoms with Gasteiger partial charge in [0.15, 0.2) is 0 Å². The second kappa shape index (κ2) is 6.27. The van der Waals surface area contributed by atoms with Crippen LogP contribution in [0.25, 0.3) is 0 Å². The van der Waals surface area contributed by atoms with Crippen molar-refractivity contribution in [2.75, 3.05) is 14.2 Å². The zero-order chi connectivity index (χ0) is 12.0. The molecule has 0 radical (unpaired) electrons. The standard InChI is InChI=1S/C10H19NO4/c1-6(2)8(11-10(13)15-5)7(3)9(12)14-4/h6-8H,1-5H3,(H,11,13)/t7-,8-/m0/s1. The summed E-state index contributed by atoms with van der Waals surface area (Å²) < 4.78 is 9.12. The normalized spacial score (nSPS) is 14.3. The lowest BCUT2D eigenvalue weighted by Gasteiger charge is -2.25. The van der Waals surface area contributed by atoms with Crippen molar-refractivity contribution in [3.63, 3.8) is 0 Å². The van der Waals surface area contributed by atoms with E-state index in [4.69, 9.17) is 0 Å². The average Bonchev–Trinajstić information content (AvgIpc) is 2.22. The van der Waals surface area contributed by atoms with Gasteiger partial charge in [-0.2, -0.15) is 0 Å². The summed E-state index contributed by atoms with van der Waals surface area (Å²) in [5.41, 5.74) is 0. The van der Waals surface area contributed by atoms with Crippen molar-refractivity contribution in [3.05, 3.63) is 0 Å². The van der Waals surface area contributed by atoms with Gasteiger partial charge < -0.3 is 14.8 Å². The van der Waals surface area contributed by atoms with Gasteiger partial charge in [0.05, 0.1) is 20.1 Å². The minimum absolute atomic E-state index is 0.123. The molecule has 15 heavy (non-hydrogen) atoms. The number of alkyl carbamates (subject to hydrolysis) is 1. The van der Waals surface area contributed by atoms with Crippen LogP contribution in [0, 0.1) is 11.8 Å². The van der Waals surface area contributed by atoms with Crippen molar-refractivity contribution in [1.29, 1.82) is 0 Å². The fraction of sp³-hybridized carbons (Fsp3) is 0.800. The van der Waals surface area contributed by atoms with Crippen LogP contribution in [0.3, 0.4) is 0 Å². The van der Waals surface area contributed by atoms with Crippen LogP contribution in [0.15, 0.2) is 0 Å². The highest BCUT2D eigenvalue weighted by Gasteiger charge is 2.28. The first-order valence-electron chi connectivity index (χ1n) is 4.86. The molecule has 5 nitrogen and oxygen atoms in total. The van der Waals surface area contributed by atoms with E-state index >= 15 is 0 Å². The third-order valence-electron chi connectivity index (χ3n) is 2.30. The van der Waals surface area contributed by atoms with Crippen molar-refractivity contribution >= 4 is 12.1 Å². The van der Waals surface area contributed by atoms with Crippen molar-refractivity contribution in [2.24, 2.45) is 11.8 Å². The molecule has 1 amide bonds. The maximum atomic E-state index is 11.3. The van der Waals surface area contributed by atoms with Gasteiger partial charge in [-0.25, -0.2) is 4.79 Å². The van der Waals surface area contributed by atoms with Crippen molar-refractivity contribution in [1.82, 2.24) is 5.32 Å². The van der Waals surface area contributed by atoms with E-state index in [9.17, 15) is 9.59 Å². The predicted molar refractivity (Wildman–Crippen MR) is 55.3 cm³/mol. The largest absolute Gasteiger partial charge is 0.469 e. The number of esters is 1. The molecule has 0 bridgehead atoms. The lowest BCUT2D eigenvalue weighted by molar-refractivity contribution is -0.146. The zero-order valence-corrected chi connectivity index (χ0v) is 9.87. The molecule has 0 aromatic carbocycles. The minimum atomic E-state index is -0.538. The molecule has 2 atom stereocenters. The van der Waals surface area contributed by atoms with Crippen LogP contribution in [0.5, 0.6) is 0 Å². The van der Waals surface area contributed by atoms with Gasteiger partial charge in [-0.3, -0.25) is 4.79 Å². The molecule has 0 aromatic heterocycles. The number of hydrogen-bond acceptors (Lipinski definition) is 4. The van der Waals surface area contributed by atoms with Gasteiger partial charge in [-0.1, -0.05) is 13.8 Å². The van der Waals surface area contributed by atoms with E-state index in [0.29, 0.717) is 0 Å². The SMILES string of the molecule is COC(=O)N[C@@H](C(C)C)[C@H](C)C(=O)OC. The molecule has 0 aliphatic rings. The van der Waals surface area contributed by atoms with Crippen molar-refractivity contribution < 1.29 is 19.1 Å². The summed E-state index contributed by atoms with van der Waals surface area (Å²) in [6.45, 7) is 5.55. The number of rotatable bonds is 4. The zero-order valence-electron chi connectivity index (χ0n) is 9.87. The fourth-order valence-electron chi connectivity index (χ4n) is 1.40. The molecule has 0 aliphatic heterocycles. The molecule has 0 aliphatic carbocycles. The highest BCUT2D eigenvalue weighted by molar-refractivity contribution is 5.74. The van der Waals surface area contributed by atoms with Crippen molar-refractivity contribution in [2.45, 2.75) is 26.8 Å². The molecule has 1 N–H and O–H groups in total. The highest BCUT2D eigenvalue weighted by atomic mass is 16.5. The summed E-state index contributed by atoms with van der Waals surface area (Å²) in [4.78, 5) is 22.4. The van der Waals surface area contributed by atoms with Crippen LogP contribution < -0.4 is 5.32 Å². The Hall–Kier alpha value is -1.26. The molecular formula is C10H19NO4. The summed E-state index contributed by atoms with van der Waals surface area (Å²) >= 11 is 0. The number of amides is 1. The van der Waals surface area contributed by atoms with Crippen LogP contribution in [0.1, 0.15) is 20.8 Å². The van der Waals surface area contributed by atoms with Crippen LogP contribution in [-0.4, -0.2) is 32.3 Å². The maximum Gasteiger partial charge on any atom is 0.407 e. The second-order valence-corrected chi connectivity index (χ2v) is 3.72. The molecule has 0 fully saturated rings. The first-order valence-corrected chi connectivity index (χ1v) is 4.86. The number of carbonyl (C=O) groups excluding carboxylic acids is 2. The Labute approximate surface area is 90.1 Å². The Morgan fingerprint density at radius 1 is 1.07 bits per heavy atom. The van der Waals surface area contributed by atoms with Gasteiger partial charge in [0.25, 0.3) is 0 Å². The lowest BCUT2D eigenvalue weighted by Crippen LogP contribution is -2.45. The highest BCUT2D eigenvalue weighted by Crippen LogP contribution is 2.14. The van der Waals surface area contributed by atoms with Crippen LogP contribution in [-0.2, 0) is 14.3 Å². The van der Waals surface area contributed by atoms with Gasteiger partial charge in [0, 0.05) is 6.04 Å². The maximum absolute atomic E-state index is 11.3. The van der Waals surface area contributed by atoms with Gasteiger partial charge in [-0.05, 0) is 12.8 Å². The number of hydrogen-bond donors (Lipinski definition) is 1. The molecule has 0 heterocycles. The molecule has 88 valence electrons. The third-order valence-corrected chi connectivity index (χ3v) is 2.30. The summed E-state index contributed by atoms with van der Waals surface area (Å²) in [6, 6.07) is -0.287. The average molecular weight is 217 g/mol. The van der Waals surface area contributed by atoms with Gasteiger partial charge in [0.2, 0.25) is 0 Å². The molecule has 0 unspecified atom stereocenters. The summed E-state index contributed by atoms with van der Waals surface area (Å²) in [5, 5.41) is 2.62. The summed E-state index contributed by atoms with van der Waals surface area (Å²) in [5.74, 6) is -0.614. The molecule has 0 rings (SSSR count). The van der Waals surface area contributed by atoms with E-state index in [1.165, 1.54) is 14.2 Å². The Kier molecular flexibility index (Phi) is 5.74. The van der Waals surface area contributed by atoms with Gasteiger partial charge >= 0.3 is 12.1 Å². The Bertz CT molecular complexity index is 227. The lowest BCUT2D eigenvalue weighted by atomic mass is 9.92. The molecule has 5 heteroatoms. The molecular weight excluding hydrogens is 198 g/mol. The van der Waals surface area contributed by atoms with Gasteiger partial charge in [-0.15, -0.1) is 0 Å². The number of ether oxygens (including phenoxy) is 2. The van der Waals surface area contributed by atoms with Crippen LogP contribution >= 0.6 is 0 Å². The first kappa shape index (κ1) is 13.7. The van der Waals surface area contributed by atoms with E-state index in [1.807, 2.05) is 13.8 Å². The van der Waals surface area contributed by atoms with E-state index in [2.05, 4.69) is 14.8 Å². The van der Waals surface area contributed by atoms with E-state index in [1.54, 1.807) is 6.92 Å². The number of nitrogens with one attached hydrogen (secondary N) is 1. The Morgan fingerprint density at radius 2 is 1.60 bits per heavy atom.